The Morgan fingerprint density at radius 1 is 1.14 bits per heavy atom. The first-order chi connectivity index (χ1) is 9.86. The normalized spacial score (nSPS) is 11.8. The highest BCUT2D eigenvalue weighted by atomic mass is 19.4. The first kappa shape index (κ1) is 17.5. The van der Waals surface area contributed by atoms with Crippen LogP contribution in [0.15, 0.2) is 6.07 Å². The van der Waals surface area contributed by atoms with Crippen molar-refractivity contribution in [2.24, 2.45) is 0 Å². The summed E-state index contributed by atoms with van der Waals surface area (Å²) in [6.07, 6.45) is -3.70. The Morgan fingerprint density at radius 3 is 2.43 bits per heavy atom. The smallest absolute Gasteiger partial charge is 0.369 e. The lowest BCUT2D eigenvalue weighted by Crippen LogP contribution is -2.25. The van der Waals surface area contributed by atoms with Crippen LogP contribution in [-0.2, 0) is 6.18 Å². The van der Waals surface area contributed by atoms with Crippen LogP contribution in [-0.4, -0.2) is 48.1 Å². The molecule has 8 heteroatoms. The van der Waals surface area contributed by atoms with Crippen molar-refractivity contribution in [2.45, 2.75) is 26.4 Å². The first-order valence-electron chi connectivity index (χ1n) is 6.99. The fraction of sp³-hybridized carbons (Fsp3) is 0.692. The number of hydrogen-bond acceptors (Lipinski definition) is 5. The number of hydrogen-bond donors (Lipinski definition) is 2. The third-order valence-electron chi connectivity index (χ3n) is 2.89. The van der Waals surface area contributed by atoms with Gasteiger partial charge in [-0.15, -0.1) is 0 Å². The van der Waals surface area contributed by atoms with Crippen LogP contribution >= 0.6 is 0 Å². The van der Waals surface area contributed by atoms with E-state index in [1.807, 2.05) is 20.9 Å². The van der Waals surface area contributed by atoms with Gasteiger partial charge in [-0.05, 0) is 20.0 Å². The van der Waals surface area contributed by atoms with Crippen LogP contribution in [0, 0.1) is 0 Å². The second kappa shape index (κ2) is 8.02. The molecule has 120 valence electrons. The Bertz CT molecular complexity index is 436. The predicted octanol–water partition coefficient (Wildman–Crippen LogP) is 2.68. The summed E-state index contributed by atoms with van der Waals surface area (Å²) >= 11 is 0. The fourth-order valence-corrected chi connectivity index (χ4v) is 1.53. The van der Waals surface area contributed by atoms with E-state index >= 15 is 0 Å². The van der Waals surface area contributed by atoms with Crippen LogP contribution in [0.5, 0.6) is 0 Å². The molecular weight excluding hydrogens is 283 g/mol. The van der Waals surface area contributed by atoms with Gasteiger partial charge in [0, 0.05) is 25.7 Å². The van der Waals surface area contributed by atoms with Gasteiger partial charge in [-0.1, -0.05) is 13.8 Å². The van der Waals surface area contributed by atoms with E-state index in [2.05, 4.69) is 25.5 Å². The minimum absolute atomic E-state index is 0.00183. The van der Waals surface area contributed by atoms with Crippen LogP contribution < -0.4 is 10.6 Å². The molecule has 21 heavy (non-hydrogen) atoms. The summed E-state index contributed by atoms with van der Waals surface area (Å²) in [5.41, 5.74) is -0.942. The molecule has 2 N–H and O–H groups in total. The lowest BCUT2D eigenvalue weighted by molar-refractivity contribution is -0.141. The minimum atomic E-state index is -4.48. The van der Waals surface area contributed by atoms with Crippen molar-refractivity contribution in [1.82, 2.24) is 14.9 Å². The number of likely N-dealkylation sites (N-methyl/N-ethyl adjacent to an activating group) is 1. The number of rotatable bonds is 8. The van der Waals surface area contributed by atoms with Crippen molar-refractivity contribution in [3.8, 4) is 0 Å². The Morgan fingerprint density at radius 2 is 1.86 bits per heavy atom. The lowest BCUT2D eigenvalue weighted by atomic mass is 10.3. The van der Waals surface area contributed by atoms with E-state index in [-0.39, 0.29) is 11.8 Å². The molecule has 0 aliphatic heterocycles. The summed E-state index contributed by atoms with van der Waals surface area (Å²) in [5, 5.41) is 5.69. The maximum absolute atomic E-state index is 12.8. The number of alkyl halides is 3. The fourth-order valence-electron chi connectivity index (χ4n) is 1.53. The standard InChI is InChI=1S/C13H22F3N5/c1-4-6-18-12-19-10(13(14,15)16)9-11(20-12)17-7-8-21(3)5-2/h9H,4-8H2,1-3H3,(H2,17,18,19,20). The molecule has 0 saturated heterocycles. The van der Waals surface area contributed by atoms with Crippen molar-refractivity contribution < 1.29 is 13.2 Å². The summed E-state index contributed by atoms with van der Waals surface area (Å²) in [4.78, 5) is 9.61. The molecule has 1 rings (SSSR count). The maximum Gasteiger partial charge on any atom is 0.433 e. The molecule has 0 spiro atoms. The average molecular weight is 305 g/mol. The summed E-state index contributed by atoms with van der Waals surface area (Å²) in [6.45, 7) is 6.58. The van der Waals surface area contributed by atoms with Crippen molar-refractivity contribution in [3.63, 3.8) is 0 Å². The Kier molecular flexibility index (Phi) is 6.67. The molecule has 0 amide bonds. The molecule has 1 heterocycles. The zero-order valence-electron chi connectivity index (χ0n) is 12.6. The molecule has 0 fully saturated rings. The van der Waals surface area contributed by atoms with Gasteiger partial charge >= 0.3 is 6.18 Å². The molecule has 0 aliphatic rings. The van der Waals surface area contributed by atoms with Crippen LogP contribution in [0.1, 0.15) is 26.0 Å². The Hall–Kier alpha value is -1.57. The van der Waals surface area contributed by atoms with E-state index < -0.39 is 11.9 Å². The first-order valence-corrected chi connectivity index (χ1v) is 6.99. The molecule has 0 saturated carbocycles. The molecule has 0 aliphatic carbocycles. The second-order valence-electron chi connectivity index (χ2n) is 4.71. The second-order valence-corrected chi connectivity index (χ2v) is 4.71. The number of nitrogens with one attached hydrogen (secondary N) is 2. The van der Waals surface area contributed by atoms with Gasteiger partial charge in [0.15, 0.2) is 5.69 Å². The van der Waals surface area contributed by atoms with Crippen molar-refractivity contribution in [2.75, 3.05) is 43.9 Å². The topological polar surface area (TPSA) is 53.1 Å². The molecule has 1 aromatic rings. The lowest BCUT2D eigenvalue weighted by Gasteiger charge is -2.15. The molecule has 0 atom stereocenters. The summed E-state index contributed by atoms with van der Waals surface area (Å²) in [6, 6.07) is 0.934. The van der Waals surface area contributed by atoms with Crippen LogP contribution in [0.3, 0.4) is 0 Å². The number of anilines is 2. The van der Waals surface area contributed by atoms with Gasteiger partial charge in [0.05, 0.1) is 0 Å². The van der Waals surface area contributed by atoms with Gasteiger partial charge in [-0.2, -0.15) is 18.2 Å². The van der Waals surface area contributed by atoms with E-state index in [0.29, 0.717) is 13.1 Å². The Labute approximate surface area is 123 Å². The van der Waals surface area contributed by atoms with Crippen molar-refractivity contribution >= 4 is 11.8 Å². The minimum Gasteiger partial charge on any atom is -0.369 e. The molecule has 0 bridgehead atoms. The van der Waals surface area contributed by atoms with Crippen molar-refractivity contribution in [3.05, 3.63) is 11.8 Å². The predicted molar refractivity (Wildman–Crippen MR) is 77.5 cm³/mol. The van der Waals surface area contributed by atoms with E-state index in [1.54, 1.807) is 0 Å². The zero-order valence-corrected chi connectivity index (χ0v) is 12.6. The van der Waals surface area contributed by atoms with Gasteiger partial charge in [0.2, 0.25) is 5.95 Å². The zero-order chi connectivity index (χ0) is 15.9. The van der Waals surface area contributed by atoms with Gasteiger partial charge in [-0.25, -0.2) is 4.98 Å². The van der Waals surface area contributed by atoms with Crippen LogP contribution in [0.2, 0.25) is 0 Å². The Balaban J connectivity index is 2.81. The third kappa shape index (κ3) is 6.16. The van der Waals surface area contributed by atoms with E-state index in [1.165, 1.54) is 0 Å². The molecule has 5 nitrogen and oxygen atoms in total. The summed E-state index contributed by atoms with van der Waals surface area (Å²) < 4.78 is 38.5. The van der Waals surface area contributed by atoms with E-state index in [4.69, 9.17) is 0 Å². The van der Waals surface area contributed by atoms with Crippen LogP contribution in [0.25, 0.3) is 0 Å². The highest BCUT2D eigenvalue weighted by molar-refractivity contribution is 5.43. The summed E-state index contributed by atoms with van der Waals surface area (Å²) in [5.74, 6) is 0.179. The highest BCUT2D eigenvalue weighted by Crippen LogP contribution is 2.29. The quantitative estimate of drug-likeness (QED) is 0.773. The van der Waals surface area contributed by atoms with E-state index in [9.17, 15) is 13.2 Å². The largest absolute Gasteiger partial charge is 0.433 e. The summed E-state index contributed by atoms with van der Waals surface area (Å²) in [7, 11) is 1.94. The van der Waals surface area contributed by atoms with Gasteiger partial charge in [0.1, 0.15) is 5.82 Å². The maximum atomic E-state index is 12.8. The SMILES string of the molecule is CCCNc1nc(NCCN(C)CC)cc(C(F)(F)F)n1. The third-order valence-corrected chi connectivity index (χ3v) is 2.89. The van der Waals surface area contributed by atoms with E-state index in [0.717, 1.165) is 25.6 Å². The molecule has 0 aromatic carbocycles. The van der Waals surface area contributed by atoms with Gasteiger partial charge < -0.3 is 15.5 Å². The monoisotopic (exact) mass is 305 g/mol. The van der Waals surface area contributed by atoms with Gasteiger partial charge in [0.25, 0.3) is 0 Å². The molecule has 1 aromatic heterocycles. The molecule has 0 unspecified atom stereocenters. The molecular formula is C13H22F3N5. The van der Waals surface area contributed by atoms with Crippen LogP contribution in [0.4, 0.5) is 24.9 Å². The number of nitrogens with zero attached hydrogens (tertiary/aromatic N) is 3. The average Bonchev–Trinajstić information content (AvgIpc) is 2.43. The van der Waals surface area contributed by atoms with Crippen molar-refractivity contribution in [1.29, 1.82) is 0 Å². The highest BCUT2D eigenvalue weighted by Gasteiger charge is 2.33. The number of halogens is 3. The number of aromatic nitrogens is 2. The molecule has 0 radical (unpaired) electrons. The van der Waals surface area contributed by atoms with Gasteiger partial charge in [-0.3, -0.25) is 0 Å².